The Labute approximate surface area is 125 Å². The number of non-ortho nitro benzene ring substituents is 1. The van der Waals surface area contributed by atoms with Crippen molar-refractivity contribution in [2.75, 3.05) is 0 Å². The summed E-state index contributed by atoms with van der Waals surface area (Å²) in [6, 6.07) is 4.81. The maximum atomic E-state index is 10.9. The molecule has 0 radical (unpaired) electrons. The molecule has 6 heteroatoms. The van der Waals surface area contributed by atoms with E-state index in [9.17, 15) is 10.1 Å². The van der Waals surface area contributed by atoms with E-state index in [4.69, 9.17) is 10.5 Å². The molecule has 108 valence electrons. The molecular formula is C14H17BrN2O3. The van der Waals surface area contributed by atoms with E-state index >= 15 is 0 Å². The lowest BCUT2D eigenvalue weighted by molar-refractivity contribution is -0.385. The van der Waals surface area contributed by atoms with Gasteiger partial charge in [-0.05, 0) is 34.8 Å². The van der Waals surface area contributed by atoms with Crippen LogP contribution in [0, 0.1) is 15.5 Å². The van der Waals surface area contributed by atoms with Crippen molar-refractivity contribution in [2.45, 2.75) is 44.2 Å². The van der Waals surface area contributed by atoms with Crippen molar-refractivity contribution < 1.29 is 9.66 Å². The van der Waals surface area contributed by atoms with E-state index in [1.54, 1.807) is 6.07 Å². The van der Waals surface area contributed by atoms with Crippen molar-refractivity contribution in [3.8, 4) is 5.75 Å². The maximum Gasteiger partial charge on any atom is 0.273 e. The second-order valence-electron chi connectivity index (χ2n) is 5.76. The van der Waals surface area contributed by atoms with Crippen molar-refractivity contribution >= 4 is 21.6 Å². The first-order valence-corrected chi connectivity index (χ1v) is 7.68. The summed E-state index contributed by atoms with van der Waals surface area (Å²) >= 11 is 3.39. The van der Waals surface area contributed by atoms with Crippen LogP contribution in [0.1, 0.15) is 32.1 Å². The first kappa shape index (κ1) is 13.8. The van der Waals surface area contributed by atoms with Gasteiger partial charge in [-0.3, -0.25) is 10.1 Å². The second kappa shape index (κ2) is 5.00. The van der Waals surface area contributed by atoms with Gasteiger partial charge in [0.2, 0.25) is 0 Å². The van der Waals surface area contributed by atoms with E-state index in [0.717, 1.165) is 23.7 Å². The molecule has 1 aromatic rings. The fourth-order valence-corrected chi connectivity index (χ4v) is 3.86. The summed E-state index contributed by atoms with van der Waals surface area (Å²) in [5.41, 5.74) is 6.31. The van der Waals surface area contributed by atoms with Gasteiger partial charge in [-0.15, -0.1) is 0 Å². The molecule has 5 nitrogen and oxygen atoms in total. The molecule has 0 saturated heterocycles. The van der Waals surface area contributed by atoms with Crippen LogP contribution in [0.4, 0.5) is 5.69 Å². The van der Waals surface area contributed by atoms with Crippen LogP contribution >= 0.6 is 15.9 Å². The predicted octanol–water partition coefficient (Wildman–Crippen LogP) is 3.40. The van der Waals surface area contributed by atoms with Gasteiger partial charge in [0.15, 0.2) is 0 Å². The maximum absolute atomic E-state index is 10.9. The summed E-state index contributed by atoms with van der Waals surface area (Å²) in [5, 5.41) is 10.9. The fraction of sp³-hybridized carbons (Fsp3) is 0.571. The van der Waals surface area contributed by atoms with Gasteiger partial charge in [-0.1, -0.05) is 12.8 Å². The quantitative estimate of drug-likeness (QED) is 0.675. The molecule has 0 bridgehead atoms. The number of rotatable bonds is 3. The van der Waals surface area contributed by atoms with Gasteiger partial charge >= 0.3 is 0 Å². The third-order valence-electron chi connectivity index (χ3n) is 4.78. The topological polar surface area (TPSA) is 78.4 Å². The molecule has 2 aliphatic rings. The van der Waals surface area contributed by atoms with Crippen molar-refractivity contribution in [1.29, 1.82) is 0 Å². The number of nitro groups is 1. The van der Waals surface area contributed by atoms with Gasteiger partial charge in [0, 0.05) is 23.9 Å². The highest BCUT2D eigenvalue weighted by atomic mass is 79.9. The minimum Gasteiger partial charge on any atom is -0.488 e. The van der Waals surface area contributed by atoms with E-state index < -0.39 is 4.92 Å². The number of nitrogens with zero attached hydrogens (tertiary/aromatic N) is 1. The first-order valence-electron chi connectivity index (χ1n) is 6.89. The largest absolute Gasteiger partial charge is 0.488 e. The molecule has 2 unspecified atom stereocenters. The van der Waals surface area contributed by atoms with Crippen LogP contribution in [0.25, 0.3) is 0 Å². The lowest BCUT2D eigenvalue weighted by Gasteiger charge is -2.52. The summed E-state index contributed by atoms with van der Waals surface area (Å²) in [5.74, 6) is 0.544. The van der Waals surface area contributed by atoms with Gasteiger partial charge in [-0.25, -0.2) is 0 Å². The molecule has 2 saturated carbocycles. The van der Waals surface area contributed by atoms with Crippen LogP contribution in [0.3, 0.4) is 0 Å². The number of nitrogens with two attached hydrogens (primary N) is 1. The fourth-order valence-electron chi connectivity index (χ4n) is 3.52. The van der Waals surface area contributed by atoms with Crippen LogP contribution in [0.15, 0.2) is 22.7 Å². The zero-order valence-electron chi connectivity index (χ0n) is 11.0. The zero-order chi connectivity index (χ0) is 14.3. The van der Waals surface area contributed by atoms with Crippen LogP contribution < -0.4 is 10.5 Å². The molecule has 2 atom stereocenters. The van der Waals surface area contributed by atoms with Gasteiger partial charge in [-0.2, -0.15) is 0 Å². The van der Waals surface area contributed by atoms with Crippen molar-refractivity contribution in [3.63, 3.8) is 0 Å². The zero-order valence-corrected chi connectivity index (χ0v) is 12.6. The van der Waals surface area contributed by atoms with E-state index in [1.807, 2.05) is 0 Å². The molecule has 2 N–H and O–H groups in total. The molecule has 2 aliphatic carbocycles. The Kier molecular flexibility index (Phi) is 3.46. The summed E-state index contributed by atoms with van der Waals surface area (Å²) in [6.07, 6.45) is 5.51. The highest BCUT2D eigenvalue weighted by Crippen LogP contribution is 2.54. The van der Waals surface area contributed by atoms with Gasteiger partial charge in [0.25, 0.3) is 5.69 Å². The molecule has 20 heavy (non-hydrogen) atoms. The normalized spacial score (nSPS) is 27.3. The van der Waals surface area contributed by atoms with Crippen LogP contribution in [-0.4, -0.2) is 17.1 Å². The molecule has 2 fully saturated rings. The van der Waals surface area contributed by atoms with Crippen molar-refractivity contribution in [3.05, 3.63) is 32.8 Å². The molecule has 1 spiro atoms. The summed E-state index contributed by atoms with van der Waals surface area (Å²) in [4.78, 5) is 10.4. The molecule has 0 heterocycles. The van der Waals surface area contributed by atoms with Gasteiger partial charge < -0.3 is 10.5 Å². The van der Waals surface area contributed by atoms with E-state index in [1.165, 1.54) is 25.0 Å². The Morgan fingerprint density at radius 2 is 2.10 bits per heavy atom. The third-order valence-corrected chi connectivity index (χ3v) is 5.43. The highest BCUT2D eigenvalue weighted by Gasteiger charge is 2.56. The Balaban J connectivity index is 1.81. The van der Waals surface area contributed by atoms with Crippen LogP contribution in [-0.2, 0) is 0 Å². The third kappa shape index (κ3) is 2.11. The number of ether oxygens (including phenoxy) is 1. The van der Waals surface area contributed by atoms with Crippen LogP contribution in [0.5, 0.6) is 5.75 Å². The number of nitro benzene ring substituents is 1. The lowest BCUT2D eigenvalue weighted by atomic mass is 9.61. The SMILES string of the molecule is NC1CC(Oc2cc([N+](=O)[O-])ccc2Br)C12CCCC2. The van der Waals surface area contributed by atoms with Gasteiger partial charge in [0.05, 0.1) is 15.5 Å². The minimum atomic E-state index is -0.406. The number of hydrogen-bond donors (Lipinski definition) is 1. The predicted molar refractivity (Wildman–Crippen MR) is 78.7 cm³/mol. The number of hydrogen-bond acceptors (Lipinski definition) is 4. The Bertz CT molecular complexity index is 543. The molecule has 0 amide bonds. The number of benzene rings is 1. The lowest BCUT2D eigenvalue weighted by Crippen LogP contribution is -2.62. The molecule has 3 rings (SSSR count). The summed E-state index contributed by atoms with van der Waals surface area (Å²) in [6.45, 7) is 0. The molecule has 0 aliphatic heterocycles. The molecule has 0 aromatic heterocycles. The Morgan fingerprint density at radius 3 is 2.70 bits per heavy atom. The Morgan fingerprint density at radius 1 is 1.40 bits per heavy atom. The number of halogens is 1. The average Bonchev–Trinajstić information content (AvgIpc) is 2.92. The molecule has 1 aromatic carbocycles. The first-order chi connectivity index (χ1) is 9.53. The average molecular weight is 341 g/mol. The van der Waals surface area contributed by atoms with Crippen LogP contribution in [0.2, 0.25) is 0 Å². The highest BCUT2D eigenvalue weighted by molar-refractivity contribution is 9.10. The standard InChI is InChI=1S/C14H17BrN2O3/c15-10-4-3-9(17(18)19)7-11(10)20-13-8-12(16)14(13)5-1-2-6-14/h3-4,7,12-13H,1-2,5-6,8,16H2. The Hall–Kier alpha value is -1.14. The van der Waals surface area contributed by atoms with Crippen molar-refractivity contribution in [1.82, 2.24) is 0 Å². The summed E-state index contributed by atoms with van der Waals surface area (Å²) in [7, 11) is 0. The second-order valence-corrected chi connectivity index (χ2v) is 6.62. The van der Waals surface area contributed by atoms with E-state index in [2.05, 4.69) is 15.9 Å². The van der Waals surface area contributed by atoms with Crippen molar-refractivity contribution in [2.24, 2.45) is 11.1 Å². The van der Waals surface area contributed by atoms with Gasteiger partial charge in [0.1, 0.15) is 11.9 Å². The monoisotopic (exact) mass is 340 g/mol. The minimum absolute atomic E-state index is 0.0484. The smallest absolute Gasteiger partial charge is 0.273 e. The van der Waals surface area contributed by atoms with E-state index in [0.29, 0.717) is 5.75 Å². The van der Waals surface area contributed by atoms with E-state index in [-0.39, 0.29) is 23.2 Å². The molecular weight excluding hydrogens is 324 g/mol. The summed E-state index contributed by atoms with van der Waals surface area (Å²) < 4.78 is 6.80.